The van der Waals surface area contributed by atoms with E-state index in [1.165, 1.54) is 23.9 Å². The third-order valence-electron chi connectivity index (χ3n) is 5.05. The Hall–Kier alpha value is -3.85. The molecular weight excluding hydrogens is 455 g/mol. The Morgan fingerprint density at radius 2 is 1.65 bits per heavy atom. The second-order valence-electron chi connectivity index (χ2n) is 7.26. The van der Waals surface area contributed by atoms with Crippen LogP contribution in [0.5, 0.6) is 11.5 Å². The van der Waals surface area contributed by atoms with Crippen LogP contribution in [0.15, 0.2) is 78.0 Å². The molecule has 34 heavy (non-hydrogen) atoms. The maximum Gasteiger partial charge on any atom is 0.251 e. The second-order valence-corrected chi connectivity index (χ2v) is 8.20. The zero-order chi connectivity index (χ0) is 23.9. The maximum absolute atomic E-state index is 13.6. The van der Waals surface area contributed by atoms with E-state index in [9.17, 15) is 9.18 Å². The highest BCUT2D eigenvalue weighted by atomic mass is 32.2. The number of methoxy groups -OCH3 is 2. The van der Waals surface area contributed by atoms with Gasteiger partial charge in [0.25, 0.3) is 5.91 Å². The van der Waals surface area contributed by atoms with Crippen molar-refractivity contribution in [3.05, 3.63) is 95.6 Å². The number of carbonyl (C=O) groups is 1. The van der Waals surface area contributed by atoms with Gasteiger partial charge in [0.15, 0.2) is 11.0 Å². The second kappa shape index (κ2) is 10.8. The van der Waals surface area contributed by atoms with Crippen molar-refractivity contribution in [1.29, 1.82) is 0 Å². The van der Waals surface area contributed by atoms with Crippen LogP contribution < -0.4 is 14.8 Å². The highest BCUT2D eigenvalue weighted by Gasteiger charge is 2.16. The Kier molecular flexibility index (Phi) is 7.44. The summed E-state index contributed by atoms with van der Waals surface area (Å²) in [4.78, 5) is 12.6. The van der Waals surface area contributed by atoms with Crippen molar-refractivity contribution in [2.75, 3.05) is 14.2 Å². The van der Waals surface area contributed by atoms with Crippen LogP contribution in [0.4, 0.5) is 4.39 Å². The van der Waals surface area contributed by atoms with Crippen LogP contribution in [-0.2, 0) is 12.3 Å². The third kappa shape index (κ3) is 5.55. The number of thioether (sulfide) groups is 1. The summed E-state index contributed by atoms with van der Waals surface area (Å²) in [5, 5.41) is 12.2. The summed E-state index contributed by atoms with van der Waals surface area (Å²) >= 11 is 1.43. The lowest BCUT2D eigenvalue weighted by molar-refractivity contribution is 0.0949. The van der Waals surface area contributed by atoms with Crippen LogP contribution in [0.2, 0.25) is 0 Å². The lowest BCUT2D eigenvalue weighted by atomic mass is 10.2. The highest BCUT2D eigenvalue weighted by molar-refractivity contribution is 7.98. The van der Waals surface area contributed by atoms with Crippen molar-refractivity contribution in [3.63, 3.8) is 0 Å². The predicted molar refractivity (Wildman–Crippen MR) is 128 cm³/mol. The first kappa shape index (κ1) is 23.3. The van der Waals surface area contributed by atoms with E-state index >= 15 is 0 Å². The average Bonchev–Trinajstić information content (AvgIpc) is 3.29. The quantitative estimate of drug-likeness (QED) is 0.353. The summed E-state index contributed by atoms with van der Waals surface area (Å²) < 4.78 is 25.8. The Bertz CT molecular complexity index is 1260. The first-order valence-electron chi connectivity index (χ1n) is 10.5. The van der Waals surface area contributed by atoms with Gasteiger partial charge in [0.2, 0.25) is 0 Å². The summed E-state index contributed by atoms with van der Waals surface area (Å²) in [6.45, 7) is 0.171. The number of carbonyl (C=O) groups excluding carboxylic acids is 1. The molecule has 0 aliphatic heterocycles. The van der Waals surface area contributed by atoms with Crippen molar-refractivity contribution in [3.8, 4) is 17.2 Å². The molecule has 1 amide bonds. The molecule has 0 aliphatic rings. The molecule has 0 atom stereocenters. The van der Waals surface area contributed by atoms with Gasteiger partial charge >= 0.3 is 0 Å². The molecule has 0 radical (unpaired) electrons. The van der Waals surface area contributed by atoms with E-state index in [0.717, 1.165) is 17.0 Å². The van der Waals surface area contributed by atoms with Crippen LogP contribution in [-0.4, -0.2) is 34.9 Å². The minimum Gasteiger partial charge on any atom is -0.497 e. The van der Waals surface area contributed by atoms with Crippen LogP contribution >= 0.6 is 11.8 Å². The summed E-state index contributed by atoms with van der Waals surface area (Å²) in [7, 11) is 3.18. The Balaban J connectivity index is 1.55. The fourth-order valence-corrected chi connectivity index (χ4v) is 4.19. The molecule has 0 unspecified atom stereocenters. The molecule has 4 rings (SSSR count). The summed E-state index contributed by atoms with van der Waals surface area (Å²) in [5.41, 5.74) is 2.17. The predicted octanol–water partition coefficient (Wildman–Crippen LogP) is 4.65. The Labute approximate surface area is 200 Å². The van der Waals surface area contributed by atoms with E-state index in [2.05, 4.69) is 15.5 Å². The van der Waals surface area contributed by atoms with E-state index in [-0.39, 0.29) is 18.3 Å². The van der Waals surface area contributed by atoms with Gasteiger partial charge in [-0.1, -0.05) is 23.9 Å². The first-order chi connectivity index (χ1) is 16.6. The molecule has 9 heteroatoms. The molecule has 0 saturated carbocycles. The van der Waals surface area contributed by atoms with Gasteiger partial charge in [-0.2, -0.15) is 0 Å². The van der Waals surface area contributed by atoms with Crippen LogP contribution in [0.1, 0.15) is 21.7 Å². The van der Waals surface area contributed by atoms with Gasteiger partial charge in [-0.3, -0.25) is 9.36 Å². The van der Waals surface area contributed by atoms with Crippen molar-refractivity contribution in [2.24, 2.45) is 0 Å². The minimum absolute atomic E-state index is 0.171. The molecule has 0 aliphatic carbocycles. The van der Waals surface area contributed by atoms with Crippen LogP contribution in [0.3, 0.4) is 0 Å². The molecule has 0 saturated heterocycles. The zero-order valence-electron chi connectivity index (χ0n) is 18.7. The van der Waals surface area contributed by atoms with Crippen molar-refractivity contribution in [2.45, 2.75) is 17.5 Å². The number of halogens is 1. The number of aromatic nitrogens is 3. The van der Waals surface area contributed by atoms with Gasteiger partial charge in [-0.25, -0.2) is 4.39 Å². The molecular formula is C25H23FN4O3S. The van der Waals surface area contributed by atoms with E-state index in [0.29, 0.717) is 28.0 Å². The van der Waals surface area contributed by atoms with Gasteiger partial charge in [0.05, 0.1) is 20.8 Å². The minimum atomic E-state index is -0.281. The maximum atomic E-state index is 13.6. The smallest absolute Gasteiger partial charge is 0.251 e. The summed E-state index contributed by atoms with van der Waals surface area (Å²) in [6, 6.07) is 20.8. The topological polar surface area (TPSA) is 78.3 Å². The zero-order valence-corrected chi connectivity index (χ0v) is 19.5. The number of amides is 1. The number of ether oxygens (including phenoxy) is 2. The molecule has 1 N–H and O–H groups in total. The van der Waals surface area contributed by atoms with Gasteiger partial charge in [-0.15, -0.1) is 10.2 Å². The number of nitrogens with zero attached hydrogens (tertiary/aromatic N) is 3. The molecule has 174 valence electrons. The van der Waals surface area contributed by atoms with Crippen LogP contribution in [0, 0.1) is 5.82 Å². The van der Waals surface area contributed by atoms with Gasteiger partial charge < -0.3 is 14.8 Å². The van der Waals surface area contributed by atoms with Gasteiger partial charge in [0, 0.05) is 17.0 Å². The van der Waals surface area contributed by atoms with Crippen molar-refractivity contribution < 1.29 is 18.7 Å². The van der Waals surface area contributed by atoms with Gasteiger partial charge in [0.1, 0.15) is 17.3 Å². The molecule has 3 aromatic carbocycles. The lowest BCUT2D eigenvalue weighted by Crippen LogP contribution is -2.24. The standard InChI is InChI=1S/C25H23FN4O3S/c1-32-21-10-6-18(7-11-21)24(31)27-15-23-28-29-25(34-16-17-4-3-5-19(26)14-17)30(23)20-8-12-22(33-2)13-9-20/h3-14H,15-16H2,1-2H3,(H,27,31). The molecule has 0 bridgehead atoms. The number of hydrogen-bond acceptors (Lipinski definition) is 6. The van der Waals surface area contributed by atoms with E-state index < -0.39 is 0 Å². The first-order valence-corrected chi connectivity index (χ1v) is 11.4. The average molecular weight is 479 g/mol. The fraction of sp³-hybridized carbons (Fsp3) is 0.160. The molecule has 7 nitrogen and oxygen atoms in total. The molecule has 0 spiro atoms. The van der Waals surface area contributed by atoms with Crippen molar-refractivity contribution >= 4 is 17.7 Å². The van der Waals surface area contributed by atoms with E-state index in [4.69, 9.17) is 9.47 Å². The molecule has 4 aromatic rings. The number of benzene rings is 3. The largest absolute Gasteiger partial charge is 0.497 e. The fourth-order valence-electron chi connectivity index (χ4n) is 3.28. The molecule has 0 fully saturated rings. The third-order valence-corrected chi connectivity index (χ3v) is 6.05. The SMILES string of the molecule is COc1ccc(C(=O)NCc2nnc(SCc3cccc(F)c3)n2-c2ccc(OC)cc2)cc1. The van der Waals surface area contributed by atoms with E-state index in [1.807, 2.05) is 34.9 Å². The number of rotatable bonds is 9. The van der Waals surface area contributed by atoms with E-state index in [1.54, 1.807) is 44.6 Å². The Morgan fingerprint density at radius 1 is 0.971 bits per heavy atom. The number of nitrogens with one attached hydrogen (secondary N) is 1. The van der Waals surface area contributed by atoms with Crippen molar-refractivity contribution in [1.82, 2.24) is 20.1 Å². The Morgan fingerprint density at radius 3 is 2.29 bits per heavy atom. The molecule has 1 heterocycles. The summed E-state index contributed by atoms with van der Waals surface area (Å²) in [6.07, 6.45) is 0. The van der Waals surface area contributed by atoms with Crippen LogP contribution in [0.25, 0.3) is 5.69 Å². The lowest BCUT2D eigenvalue weighted by Gasteiger charge is -2.12. The normalized spacial score (nSPS) is 10.7. The highest BCUT2D eigenvalue weighted by Crippen LogP contribution is 2.26. The van der Waals surface area contributed by atoms with Gasteiger partial charge in [-0.05, 0) is 66.2 Å². The number of hydrogen-bond donors (Lipinski definition) is 1. The molecule has 1 aromatic heterocycles. The summed E-state index contributed by atoms with van der Waals surface area (Å²) in [5.74, 6) is 1.96. The monoisotopic (exact) mass is 478 g/mol.